The Bertz CT molecular complexity index is 384. The van der Waals surface area contributed by atoms with Gasteiger partial charge in [-0.15, -0.1) is 0 Å². The number of hydrogen-bond acceptors (Lipinski definition) is 2. The van der Waals surface area contributed by atoms with Crippen molar-refractivity contribution < 1.29 is 27.8 Å². The highest BCUT2D eigenvalue weighted by atomic mass is 19.4. The Morgan fingerprint density at radius 2 is 1.88 bits per heavy atom. The van der Waals surface area contributed by atoms with Gasteiger partial charge >= 0.3 is 12.1 Å². The molecule has 0 bridgehead atoms. The van der Waals surface area contributed by atoms with Crippen LogP contribution < -0.4 is 4.74 Å². The van der Waals surface area contributed by atoms with Crippen LogP contribution in [-0.2, 0) is 4.79 Å². The van der Waals surface area contributed by atoms with Crippen molar-refractivity contribution in [1.29, 1.82) is 0 Å². The van der Waals surface area contributed by atoms with Crippen LogP contribution in [0.2, 0.25) is 0 Å². The Balaban J connectivity index is 2.79. The van der Waals surface area contributed by atoms with Gasteiger partial charge in [-0.1, -0.05) is 17.7 Å². The summed E-state index contributed by atoms with van der Waals surface area (Å²) in [6.07, 6.45) is -8.15. The van der Waals surface area contributed by atoms with Crippen molar-refractivity contribution in [2.75, 3.05) is 0 Å². The molecule has 0 saturated carbocycles. The normalized spacial score (nSPS) is 13.2. The molecule has 94 valence electrons. The van der Waals surface area contributed by atoms with Gasteiger partial charge in [0.1, 0.15) is 5.75 Å². The van der Waals surface area contributed by atoms with Gasteiger partial charge in [-0.25, -0.2) is 0 Å². The van der Waals surface area contributed by atoms with E-state index in [0.717, 1.165) is 5.56 Å². The van der Waals surface area contributed by atoms with Crippen LogP contribution >= 0.6 is 0 Å². The molecular formula is C11H11F3O3. The van der Waals surface area contributed by atoms with Crippen molar-refractivity contribution in [3.8, 4) is 5.75 Å². The van der Waals surface area contributed by atoms with Gasteiger partial charge < -0.3 is 9.84 Å². The third-order valence-corrected chi connectivity index (χ3v) is 2.02. The molecule has 0 radical (unpaired) electrons. The van der Waals surface area contributed by atoms with E-state index in [9.17, 15) is 18.0 Å². The van der Waals surface area contributed by atoms with Crippen LogP contribution in [-0.4, -0.2) is 23.4 Å². The van der Waals surface area contributed by atoms with E-state index in [1.807, 2.05) is 0 Å². The molecule has 6 heteroatoms. The Kier molecular flexibility index (Phi) is 3.98. The van der Waals surface area contributed by atoms with Crippen LogP contribution in [0.15, 0.2) is 24.3 Å². The maximum absolute atomic E-state index is 12.5. The van der Waals surface area contributed by atoms with Crippen molar-refractivity contribution in [2.24, 2.45) is 0 Å². The second-order valence-corrected chi connectivity index (χ2v) is 3.56. The van der Waals surface area contributed by atoms with Gasteiger partial charge in [0.2, 0.25) is 6.10 Å². The molecule has 0 saturated heterocycles. The highest BCUT2D eigenvalue weighted by molar-refractivity contribution is 5.67. The van der Waals surface area contributed by atoms with E-state index in [4.69, 9.17) is 5.11 Å². The average Bonchev–Trinajstić information content (AvgIpc) is 2.18. The van der Waals surface area contributed by atoms with E-state index in [-0.39, 0.29) is 5.75 Å². The smallest absolute Gasteiger partial charge is 0.425 e. The van der Waals surface area contributed by atoms with E-state index < -0.39 is 24.7 Å². The predicted octanol–water partition coefficient (Wildman–Crippen LogP) is 2.78. The van der Waals surface area contributed by atoms with Gasteiger partial charge in [0, 0.05) is 0 Å². The van der Waals surface area contributed by atoms with Gasteiger partial charge in [-0.2, -0.15) is 13.2 Å². The van der Waals surface area contributed by atoms with Crippen LogP contribution in [0.4, 0.5) is 13.2 Å². The molecule has 1 aromatic rings. The largest absolute Gasteiger partial charge is 0.481 e. The summed E-state index contributed by atoms with van der Waals surface area (Å²) in [5.41, 5.74) is 0.874. The average molecular weight is 248 g/mol. The quantitative estimate of drug-likeness (QED) is 0.891. The minimum absolute atomic E-state index is 0.000764. The van der Waals surface area contributed by atoms with Gasteiger partial charge in [0.05, 0.1) is 6.42 Å². The molecule has 1 N–H and O–H groups in total. The van der Waals surface area contributed by atoms with E-state index in [1.54, 1.807) is 19.1 Å². The first-order valence-electron chi connectivity index (χ1n) is 4.81. The first kappa shape index (κ1) is 13.3. The summed E-state index contributed by atoms with van der Waals surface area (Å²) in [5, 5.41) is 8.39. The van der Waals surface area contributed by atoms with Crippen LogP contribution in [0.5, 0.6) is 5.75 Å². The number of rotatable bonds is 4. The summed E-state index contributed by atoms with van der Waals surface area (Å²) in [6, 6.07) is 5.92. The number of aliphatic carboxylic acids is 1. The van der Waals surface area contributed by atoms with E-state index in [0.29, 0.717) is 0 Å². The first-order valence-corrected chi connectivity index (χ1v) is 4.81. The topological polar surface area (TPSA) is 46.5 Å². The minimum atomic E-state index is -4.71. The van der Waals surface area contributed by atoms with Gasteiger partial charge in [-0.3, -0.25) is 4.79 Å². The van der Waals surface area contributed by atoms with Gasteiger partial charge in [0.15, 0.2) is 0 Å². The van der Waals surface area contributed by atoms with E-state index >= 15 is 0 Å². The lowest BCUT2D eigenvalue weighted by atomic mass is 10.2. The van der Waals surface area contributed by atoms with E-state index in [1.165, 1.54) is 12.1 Å². The number of carbonyl (C=O) groups is 1. The molecular weight excluding hydrogens is 237 g/mol. The SMILES string of the molecule is Cc1ccc(OC(CC(=O)O)C(F)(F)F)cc1. The summed E-state index contributed by atoms with van der Waals surface area (Å²) in [4.78, 5) is 10.3. The second-order valence-electron chi connectivity index (χ2n) is 3.56. The number of ether oxygens (including phenoxy) is 1. The van der Waals surface area contributed by atoms with Gasteiger partial charge in [0.25, 0.3) is 0 Å². The molecule has 0 aliphatic heterocycles. The fourth-order valence-electron chi connectivity index (χ4n) is 1.16. The monoisotopic (exact) mass is 248 g/mol. The molecule has 0 aromatic heterocycles. The van der Waals surface area contributed by atoms with Crippen molar-refractivity contribution in [3.63, 3.8) is 0 Å². The van der Waals surface area contributed by atoms with Gasteiger partial charge in [-0.05, 0) is 19.1 Å². The van der Waals surface area contributed by atoms with Crippen molar-refractivity contribution in [2.45, 2.75) is 25.6 Å². The molecule has 0 fully saturated rings. The second kappa shape index (κ2) is 5.07. The Morgan fingerprint density at radius 1 is 1.35 bits per heavy atom. The molecule has 0 amide bonds. The van der Waals surface area contributed by atoms with Crippen molar-refractivity contribution in [3.05, 3.63) is 29.8 Å². The fraction of sp³-hybridized carbons (Fsp3) is 0.364. The molecule has 1 atom stereocenters. The van der Waals surface area contributed by atoms with Crippen LogP contribution in [0, 0.1) is 6.92 Å². The van der Waals surface area contributed by atoms with Crippen LogP contribution in [0.25, 0.3) is 0 Å². The summed E-state index contributed by atoms with van der Waals surface area (Å²) in [7, 11) is 0. The third-order valence-electron chi connectivity index (χ3n) is 2.02. The molecule has 0 spiro atoms. The summed E-state index contributed by atoms with van der Waals surface area (Å²) >= 11 is 0. The zero-order valence-corrected chi connectivity index (χ0v) is 8.99. The molecule has 1 unspecified atom stereocenters. The highest BCUT2D eigenvalue weighted by Crippen LogP contribution is 2.27. The molecule has 1 aromatic carbocycles. The Morgan fingerprint density at radius 3 is 2.29 bits per heavy atom. The predicted molar refractivity (Wildman–Crippen MR) is 53.9 cm³/mol. The summed E-state index contributed by atoms with van der Waals surface area (Å²) in [6.45, 7) is 1.78. The molecule has 0 aliphatic carbocycles. The van der Waals surface area contributed by atoms with Crippen molar-refractivity contribution >= 4 is 5.97 Å². The number of aryl methyl sites for hydroxylation is 1. The lowest BCUT2D eigenvalue weighted by Crippen LogP contribution is -2.36. The maximum atomic E-state index is 12.5. The van der Waals surface area contributed by atoms with E-state index in [2.05, 4.69) is 4.74 Å². The maximum Gasteiger partial charge on any atom is 0.425 e. The number of carboxylic acid groups (broad SMARTS) is 1. The number of halogens is 3. The lowest BCUT2D eigenvalue weighted by molar-refractivity contribution is -0.200. The van der Waals surface area contributed by atoms with Crippen LogP contribution in [0.1, 0.15) is 12.0 Å². The summed E-state index contributed by atoms with van der Waals surface area (Å²) < 4.78 is 42.0. The zero-order chi connectivity index (χ0) is 13.1. The number of alkyl halides is 3. The number of benzene rings is 1. The fourth-order valence-corrected chi connectivity index (χ4v) is 1.16. The Hall–Kier alpha value is -1.72. The zero-order valence-electron chi connectivity index (χ0n) is 8.99. The molecule has 0 heterocycles. The third kappa shape index (κ3) is 4.34. The van der Waals surface area contributed by atoms with Crippen molar-refractivity contribution in [1.82, 2.24) is 0 Å². The molecule has 1 rings (SSSR count). The van der Waals surface area contributed by atoms with Crippen LogP contribution in [0.3, 0.4) is 0 Å². The molecule has 0 aliphatic rings. The Labute approximate surface area is 95.8 Å². The first-order chi connectivity index (χ1) is 7.79. The highest BCUT2D eigenvalue weighted by Gasteiger charge is 2.43. The molecule has 17 heavy (non-hydrogen) atoms. The molecule has 3 nitrogen and oxygen atoms in total. The minimum Gasteiger partial charge on any atom is -0.481 e. The number of hydrogen-bond donors (Lipinski definition) is 1. The lowest BCUT2D eigenvalue weighted by Gasteiger charge is -2.20. The number of carboxylic acids is 1. The summed E-state index contributed by atoms with van der Waals surface area (Å²) in [5.74, 6) is -1.56. The standard InChI is InChI=1S/C11H11F3O3/c1-7-2-4-8(5-3-7)17-9(6-10(15)16)11(12,13)14/h2-5,9H,6H2,1H3,(H,15,16).